The molecule has 162 valence electrons. The fourth-order valence-corrected chi connectivity index (χ4v) is 3.02. The second-order valence-electron chi connectivity index (χ2n) is 6.96. The molecular weight excluding hydrogens is 420 g/mol. The molecule has 1 heterocycles. The van der Waals surface area contributed by atoms with Gasteiger partial charge in [-0.2, -0.15) is 0 Å². The van der Waals surface area contributed by atoms with Gasteiger partial charge in [-0.1, -0.05) is 23.7 Å². The summed E-state index contributed by atoms with van der Waals surface area (Å²) in [5.41, 5.74) is 1.80. The zero-order valence-corrected chi connectivity index (χ0v) is 17.8. The highest BCUT2D eigenvalue weighted by Gasteiger charge is 2.15. The number of aromatic nitrogens is 1. The Morgan fingerprint density at radius 1 is 1.19 bits per heavy atom. The fraction of sp³-hybridized carbons (Fsp3) is 0.182. The number of aromatic amines is 1. The molecule has 8 nitrogen and oxygen atoms in total. The monoisotopic (exact) mass is 442 g/mol. The largest absolute Gasteiger partial charge is 0.417 e. The van der Waals surface area contributed by atoms with Crippen LogP contribution >= 0.6 is 11.6 Å². The SMILES string of the molecule is CN(C)c1ccc(NC(=O)Oc2c(NC[C@@H](O)c3cccc(Cl)c3)cc[nH]c2=O)cc1. The van der Waals surface area contributed by atoms with Gasteiger partial charge < -0.3 is 25.0 Å². The molecule has 1 aromatic heterocycles. The van der Waals surface area contributed by atoms with Gasteiger partial charge in [0.2, 0.25) is 5.75 Å². The Bertz CT molecular complexity index is 1100. The minimum atomic E-state index is -0.880. The summed E-state index contributed by atoms with van der Waals surface area (Å²) < 4.78 is 5.25. The van der Waals surface area contributed by atoms with Gasteiger partial charge in [0.05, 0.1) is 11.8 Å². The molecule has 0 aliphatic rings. The molecule has 1 atom stereocenters. The number of hydrogen-bond acceptors (Lipinski definition) is 6. The summed E-state index contributed by atoms with van der Waals surface area (Å²) in [5, 5.41) is 16.4. The van der Waals surface area contributed by atoms with E-state index in [9.17, 15) is 14.7 Å². The van der Waals surface area contributed by atoms with E-state index < -0.39 is 17.8 Å². The van der Waals surface area contributed by atoms with Crippen molar-refractivity contribution >= 4 is 34.8 Å². The highest BCUT2D eigenvalue weighted by atomic mass is 35.5. The summed E-state index contributed by atoms with van der Waals surface area (Å²) >= 11 is 5.96. The number of benzene rings is 2. The third kappa shape index (κ3) is 6.00. The standard InChI is InChI=1S/C22H23ClN4O4/c1-27(2)17-8-6-16(7-9-17)26-22(30)31-20-18(10-11-24-21(20)29)25-13-19(28)14-4-3-5-15(23)12-14/h3-12,19,28H,13H2,1-2H3,(H,26,30)(H2,24,25,29)/t19-/m1/s1. The van der Waals surface area contributed by atoms with Crippen LogP contribution in [0.3, 0.4) is 0 Å². The Labute approximate surface area is 184 Å². The second kappa shape index (κ2) is 10.0. The zero-order valence-electron chi connectivity index (χ0n) is 17.1. The number of hydrogen-bond donors (Lipinski definition) is 4. The van der Waals surface area contributed by atoms with Gasteiger partial charge in [-0.05, 0) is 48.0 Å². The van der Waals surface area contributed by atoms with E-state index in [1.165, 1.54) is 6.20 Å². The minimum Gasteiger partial charge on any atom is -0.402 e. The molecule has 1 amide bonds. The van der Waals surface area contributed by atoms with Gasteiger partial charge >= 0.3 is 6.09 Å². The molecule has 0 aliphatic heterocycles. The summed E-state index contributed by atoms with van der Waals surface area (Å²) in [6, 6.07) is 15.5. The molecule has 3 aromatic rings. The Balaban J connectivity index is 1.67. The third-order valence-corrected chi connectivity index (χ3v) is 4.69. The van der Waals surface area contributed by atoms with Gasteiger partial charge in [0.25, 0.3) is 5.56 Å². The number of carbonyl (C=O) groups excluding carboxylic acids is 1. The van der Waals surface area contributed by atoms with Crippen molar-refractivity contribution in [1.82, 2.24) is 4.98 Å². The summed E-state index contributed by atoms with van der Waals surface area (Å²) in [7, 11) is 3.83. The third-order valence-electron chi connectivity index (χ3n) is 4.46. The molecule has 0 spiro atoms. The number of H-pyrrole nitrogens is 1. The van der Waals surface area contributed by atoms with Crippen LogP contribution in [-0.4, -0.2) is 36.8 Å². The summed E-state index contributed by atoms with van der Waals surface area (Å²) in [6.07, 6.45) is -0.274. The van der Waals surface area contributed by atoms with Gasteiger partial charge in [0.1, 0.15) is 0 Å². The Hall–Kier alpha value is -3.49. The molecular formula is C22H23ClN4O4. The molecule has 0 radical (unpaired) electrons. The predicted molar refractivity (Wildman–Crippen MR) is 122 cm³/mol. The van der Waals surface area contributed by atoms with Crippen LogP contribution in [0.25, 0.3) is 0 Å². The maximum absolute atomic E-state index is 12.3. The Kier molecular flexibility index (Phi) is 7.17. The number of aliphatic hydroxyl groups excluding tert-OH is 1. The topological polar surface area (TPSA) is 107 Å². The van der Waals surface area contributed by atoms with E-state index >= 15 is 0 Å². The van der Waals surface area contributed by atoms with E-state index in [0.717, 1.165) is 5.69 Å². The average molecular weight is 443 g/mol. The van der Waals surface area contributed by atoms with Crippen LogP contribution < -0.4 is 25.8 Å². The van der Waals surface area contributed by atoms with E-state index in [1.54, 1.807) is 42.5 Å². The quantitative estimate of drug-likeness (QED) is 0.443. The molecule has 3 rings (SSSR count). The van der Waals surface area contributed by atoms with Crippen molar-refractivity contribution in [3.63, 3.8) is 0 Å². The number of nitrogens with zero attached hydrogens (tertiary/aromatic N) is 1. The molecule has 2 aromatic carbocycles. The van der Waals surface area contributed by atoms with Gasteiger partial charge in [-0.15, -0.1) is 0 Å². The summed E-state index contributed by atoms with van der Waals surface area (Å²) in [6.45, 7) is 0.0772. The van der Waals surface area contributed by atoms with E-state index in [4.69, 9.17) is 16.3 Å². The molecule has 0 saturated heterocycles. The van der Waals surface area contributed by atoms with Crippen molar-refractivity contribution in [1.29, 1.82) is 0 Å². The molecule has 9 heteroatoms. The number of halogens is 1. The van der Waals surface area contributed by atoms with Gasteiger partial charge in [0.15, 0.2) is 0 Å². The van der Waals surface area contributed by atoms with E-state index in [2.05, 4.69) is 15.6 Å². The number of rotatable bonds is 7. The first-order chi connectivity index (χ1) is 14.8. The van der Waals surface area contributed by atoms with E-state index in [-0.39, 0.29) is 18.0 Å². The second-order valence-corrected chi connectivity index (χ2v) is 7.39. The normalized spacial score (nSPS) is 11.5. The van der Waals surface area contributed by atoms with Gasteiger partial charge in [0, 0.05) is 43.2 Å². The molecule has 0 fully saturated rings. The van der Waals surface area contributed by atoms with Crippen molar-refractivity contribution in [2.45, 2.75) is 6.10 Å². The van der Waals surface area contributed by atoms with E-state index in [0.29, 0.717) is 16.3 Å². The lowest BCUT2D eigenvalue weighted by Gasteiger charge is -2.16. The highest BCUT2D eigenvalue weighted by molar-refractivity contribution is 6.30. The number of ether oxygens (including phenoxy) is 1. The average Bonchev–Trinajstić information content (AvgIpc) is 2.74. The highest BCUT2D eigenvalue weighted by Crippen LogP contribution is 2.23. The van der Waals surface area contributed by atoms with Crippen molar-refractivity contribution < 1.29 is 14.6 Å². The maximum atomic E-state index is 12.3. The van der Waals surface area contributed by atoms with Crippen molar-refractivity contribution in [2.24, 2.45) is 0 Å². The Morgan fingerprint density at radius 2 is 1.94 bits per heavy atom. The number of amides is 1. The predicted octanol–water partition coefficient (Wildman–Crippen LogP) is 3.85. The van der Waals surface area contributed by atoms with Crippen molar-refractivity contribution in [3.8, 4) is 5.75 Å². The van der Waals surface area contributed by atoms with Crippen LogP contribution in [0.5, 0.6) is 5.75 Å². The minimum absolute atomic E-state index is 0.0772. The Morgan fingerprint density at radius 3 is 2.61 bits per heavy atom. The molecule has 4 N–H and O–H groups in total. The first-order valence-electron chi connectivity index (χ1n) is 9.49. The first-order valence-corrected chi connectivity index (χ1v) is 9.86. The van der Waals surface area contributed by atoms with Crippen LogP contribution in [0.1, 0.15) is 11.7 Å². The lowest BCUT2D eigenvalue weighted by molar-refractivity contribution is 0.191. The lowest BCUT2D eigenvalue weighted by atomic mass is 10.1. The summed E-state index contributed by atoms with van der Waals surface area (Å²) in [5.74, 6) is -0.205. The number of pyridine rings is 1. The molecule has 0 unspecified atom stereocenters. The number of aliphatic hydroxyl groups is 1. The number of carbonyl (C=O) groups is 1. The molecule has 0 saturated carbocycles. The lowest BCUT2D eigenvalue weighted by Crippen LogP contribution is -2.23. The van der Waals surface area contributed by atoms with Crippen LogP contribution in [0.15, 0.2) is 65.6 Å². The summed E-state index contributed by atoms with van der Waals surface area (Å²) in [4.78, 5) is 28.9. The van der Waals surface area contributed by atoms with Crippen LogP contribution in [-0.2, 0) is 0 Å². The van der Waals surface area contributed by atoms with Crippen molar-refractivity contribution in [3.05, 3.63) is 81.7 Å². The fourth-order valence-electron chi connectivity index (χ4n) is 2.82. The smallest absolute Gasteiger partial charge is 0.402 e. The van der Waals surface area contributed by atoms with Crippen LogP contribution in [0.4, 0.5) is 21.9 Å². The molecule has 0 bridgehead atoms. The van der Waals surface area contributed by atoms with E-state index in [1.807, 2.05) is 31.1 Å². The van der Waals surface area contributed by atoms with Gasteiger partial charge in [-0.25, -0.2) is 4.79 Å². The van der Waals surface area contributed by atoms with Crippen LogP contribution in [0, 0.1) is 0 Å². The molecule has 31 heavy (non-hydrogen) atoms. The zero-order chi connectivity index (χ0) is 22.4. The number of anilines is 3. The first kappa shape index (κ1) is 22.2. The molecule has 0 aliphatic carbocycles. The van der Waals surface area contributed by atoms with Crippen molar-refractivity contribution in [2.75, 3.05) is 36.2 Å². The maximum Gasteiger partial charge on any atom is 0.417 e. The van der Waals surface area contributed by atoms with Gasteiger partial charge in [-0.3, -0.25) is 10.1 Å². The van der Waals surface area contributed by atoms with Crippen LogP contribution in [0.2, 0.25) is 5.02 Å². The number of nitrogens with one attached hydrogen (secondary N) is 3.